The molecular weight excluding hydrogens is 358 g/mol. The van der Waals surface area contributed by atoms with E-state index in [1.807, 2.05) is 0 Å². The summed E-state index contributed by atoms with van der Waals surface area (Å²) in [6.07, 6.45) is 1.37. The van der Waals surface area contributed by atoms with Gasteiger partial charge in [0.15, 0.2) is 11.5 Å². The molecule has 0 fully saturated rings. The minimum Gasteiger partial charge on any atom is -0.493 e. The topological polar surface area (TPSA) is 118 Å². The predicted molar refractivity (Wildman–Crippen MR) is 91.3 cm³/mol. The van der Waals surface area contributed by atoms with E-state index in [-0.39, 0.29) is 30.5 Å². The van der Waals surface area contributed by atoms with Crippen LogP contribution in [0.5, 0.6) is 11.5 Å². The van der Waals surface area contributed by atoms with Crippen LogP contribution in [0, 0.1) is 0 Å². The molecule has 24 heavy (non-hydrogen) atoms. The Hall–Kier alpha value is -1.84. The molecule has 0 bridgehead atoms. The van der Waals surface area contributed by atoms with E-state index in [2.05, 4.69) is 10.1 Å². The van der Waals surface area contributed by atoms with Crippen molar-refractivity contribution >= 4 is 22.2 Å². The van der Waals surface area contributed by atoms with Gasteiger partial charge in [0.2, 0.25) is 11.7 Å². The number of benzene rings is 1. The highest BCUT2D eigenvalue weighted by Gasteiger charge is 2.18. The number of sulfone groups is 1. The zero-order valence-corrected chi connectivity index (χ0v) is 15.2. The number of halogens is 1. The summed E-state index contributed by atoms with van der Waals surface area (Å²) >= 11 is 0. The largest absolute Gasteiger partial charge is 0.493 e. The van der Waals surface area contributed by atoms with Crippen molar-refractivity contribution in [1.29, 1.82) is 0 Å². The molecule has 2 N–H and O–H groups in total. The molecule has 2 aromatic rings. The van der Waals surface area contributed by atoms with Gasteiger partial charge in [-0.3, -0.25) is 0 Å². The molecule has 0 aliphatic carbocycles. The van der Waals surface area contributed by atoms with Gasteiger partial charge in [0.1, 0.15) is 9.84 Å². The summed E-state index contributed by atoms with van der Waals surface area (Å²) in [4.78, 5) is 4.22. The summed E-state index contributed by atoms with van der Waals surface area (Å²) in [5.74, 6) is 1.62. The number of methoxy groups -OCH3 is 2. The smallest absolute Gasteiger partial charge is 0.243 e. The zero-order valence-electron chi connectivity index (χ0n) is 13.6. The molecule has 10 heteroatoms. The first-order valence-electron chi connectivity index (χ1n) is 6.83. The number of hydrogen-bond acceptors (Lipinski definition) is 8. The normalized spacial score (nSPS) is 12.3. The Kier molecular flexibility index (Phi) is 7.00. The van der Waals surface area contributed by atoms with Crippen LogP contribution in [-0.2, 0) is 9.84 Å². The zero-order chi connectivity index (χ0) is 17.0. The molecule has 0 aliphatic heterocycles. The molecule has 8 nitrogen and oxygen atoms in total. The lowest BCUT2D eigenvalue weighted by Gasteiger charge is -2.07. The standard InChI is InChI=1S/C14H19N3O5S.ClH/c1-20-11-5-4-9(8-12(11)21-2)13-16-14(22-17-13)10(15)6-7-23(3,18)19;/h4-5,8,10H,6-7,15H2,1-3H3;1H. The van der Waals surface area contributed by atoms with Crippen LogP contribution in [0.2, 0.25) is 0 Å². The van der Waals surface area contributed by atoms with Crippen molar-refractivity contribution in [3.63, 3.8) is 0 Å². The molecule has 134 valence electrons. The first kappa shape index (κ1) is 20.2. The summed E-state index contributed by atoms with van der Waals surface area (Å²) < 4.78 is 37.9. The number of aromatic nitrogens is 2. The van der Waals surface area contributed by atoms with E-state index in [1.54, 1.807) is 25.3 Å². The van der Waals surface area contributed by atoms with E-state index in [4.69, 9.17) is 19.7 Å². The van der Waals surface area contributed by atoms with E-state index in [9.17, 15) is 8.42 Å². The Morgan fingerprint density at radius 1 is 1.25 bits per heavy atom. The molecule has 2 rings (SSSR count). The maximum Gasteiger partial charge on any atom is 0.243 e. The van der Waals surface area contributed by atoms with Gasteiger partial charge in [-0.2, -0.15) is 4.98 Å². The average Bonchev–Trinajstić information content (AvgIpc) is 3.01. The SMILES string of the molecule is COc1ccc(-c2noc(C(N)CCS(C)(=O)=O)n2)cc1OC.Cl. The predicted octanol–water partition coefficient (Wildman–Crippen LogP) is 1.61. The Balaban J connectivity index is 0.00000288. The first-order valence-corrected chi connectivity index (χ1v) is 8.89. The van der Waals surface area contributed by atoms with Crippen molar-refractivity contribution in [3.8, 4) is 22.9 Å². The van der Waals surface area contributed by atoms with Crippen LogP contribution < -0.4 is 15.2 Å². The van der Waals surface area contributed by atoms with E-state index in [0.717, 1.165) is 6.26 Å². The Bertz CT molecular complexity index is 778. The Morgan fingerprint density at radius 2 is 1.92 bits per heavy atom. The highest BCUT2D eigenvalue weighted by Crippen LogP contribution is 2.31. The second-order valence-electron chi connectivity index (χ2n) is 5.05. The van der Waals surface area contributed by atoms with E-state index >= 15 is 0 Å². The van der Waals surface area contributed by atoms with Crippen LogP contribution in [0.25, 0.3) is 11.4 Å². The minimum atomic E-state index is -3.09. The third-order valence-corrected chi connectivity index (χ3v) is 4.18. The molecular formula is C14H20ClN3O5S. The monoisotopic (exact) mass is 377 g/mol. The maximum absolute atomic E-state index is 11.2. The van der Waals surface area contributed by atoms with Gasteiger partial charge in [-0.15, -0.1) is 12.4 Å². The minimum absolute atomic E-state index is 0. The molecule has 1 unspecified atom stereocenters. The van der Waals surface area contributed by atoms with Crippen molar-refractivity contribution < 1.29 is 22.4 Å². The first-order chi connectivity index (χ1) is 10.8. The van der Waals surface area contributed by atoms with Crippen LogP contribution in [0.15, 0.2) is 22.7 Å². The summed E-state index contributed by atoms with van der Waals surface area (Å²) in [5.41, 5.74) is 6.56. The lowest BCUT2D eigenvalue weighted by molar-refractivity contribution is 0.352. The summed E-state index contributed by atoms with van der Waals surface area (Å²) in [7, 11) is -0.0110. The third kappa shape index (κ3) is 5.08. The van der Waals surface area contributed by atoms with Crippen molar-refractivity contribution in [2.75, 3.05) is 26.2 Å². The lowest BCUT2D eigenvalue weighted by Crippen LogP contribution is -2.16. The summed E-state index contributed by atoms with van der Waals surface area (Å²) in [6, 6.07) is 4.58. The molecule has 0 spiro atoms. The Morgan fingerprint density at radius 3 is 2.50 bits per heavy atom. The molecule has 0 amide bonds. The van der Waals surface area contributed by atoms with Crippen LogP contribution in [0.1, 0.15) is 18.4 Å². The highest BCUT2D eigenvalue weighted by atomic mass is 35.5. The van der Waals surface area contributed by atoms with Crippen LogP contribution in [-0.4, -0.2) is 44.8 Å². The van der Waals surface area contributed by atoms with Gasteiger partial charge in [-0.1, -0.05) is 5.16 Å². The summed E-state index contributed by atoms with van der Waals surface area (Å²) in [5, 5.41) is 3.87. The fraction of sp³-hybridized carbons (Fsp3) is 0.429. The van der Waals surface area contributed by atoms with E-state index in [0.29, 0.717) is 22.9 Å². The van der Waals surface area contributed by atoms with Crippen LogP contribution >= 0.6 is 12.4 Å². The number of nitrogens with two attached hydrogens (primary N) is 1. The van der Waals surface area contributed by atoms with Gasteiger partial charge >= 0.3 is 0 Å². The van der Waals surface area contributed by atoms with Gasteiger partial charge in [-0.25, -0.2) is 8.42 Å². The molecule has 0 saturated carbocycles. The average molecular weight is 378 g/mol. The molecule has 0 aliphatic rings. The summed E-state index contributed by atoms with van der Waals surface area (Å²) in [6.45, 7) is 0. The van der Waals surface area contributed by atoms with Crippen molar-refractivity contribution in [1.82, 2.24) is 10.1 Å². The van der Waals surface area contributed by atoms with Crippen LogP contribution in [0.4, 0.5) is 0 Å². The van der Waals surface area contributed by atoms with Crippen molar-refractivity contribution in [3.05, 3.63) is 24.1 Å². The molecule has 0 saturated heterocycles. The molecule has 1 atom stereocenters. The molecule has 1 heterocycles. The Labute approximate surface area is 146 Å². The number of rotatable bonds is 7. The third-order valence-electron chi connectivity index (χ3n) is 3.20. The van der Waals surface area contributed by atoms with Gasteiger partial charge in [-0.05, 0) is 24.6 Å². The quantitative estimate of drug-likeness (QED) is 0.773. The molecule has 0 radical (unpaired) electrons. The second kappa shape index (κ2) is 8.32. The highest BCUT2D eigenvalue weighted by molar-refractivity contribution is 7.90. The lowest BCUT2D eigenvalue weighted by atomic mass is 10.2. The van der Waals surface area contributed by atoms with E-state index in [1.165, 1.54) is 7.11 Å². The number of nitrogens with zero attached hydrogens (tertiary/aromatic N) is 2. The fourth-order valence-corrected chi connectivity index (χ4v) is 2.62. The van der Waals surface area contributed by atoms with Gasteiger partial charge < -0.3 is 19.7 Å². The van der Waals surface area contributed by atoms with Gasteiger partial charge in [0.25, 0.3) is 0 Å². The van der Waals surface area contributed by atoms with E-state index < -0.39 is 15.9 Å². The van der Waals surface area contributed by atoms with Crippen LogP contribution in [0.3, 0.4) is 0 Å². The van der Waals surface area contributed by atoms with Gasteiger partial charge in [0, 0.05) is 11.8 Å². The van der Waals surface area contributed by atoms with Gasteiger partial charge in [0.05, 0.1) is 26.0 Å². The van der Waals surface area contributed by atoms with Crippen molar-refractivity contribution in [2.24, 2.45) is 5.73 Å². The molecule has 1 aromatic carbocycles. The van der Waals surface area contributed by atoms with Crippen molar-refractivity contribution in [2.45, 2.75) is 12.5 Å². The second-order valence-corrected chi connectivity index (χ2v) is 7.31. The molecule has 1 aromatic heterocycles. The number of hydrogen-bond donors (Lipinski definition) is 1. The fourth-order valence-electron chi connectivity index (χ4n) is 1.94. The maximum atomic E-state index is 11.2. The number of ether oxygens (including phenoxy) is 2.